The van der Waals surface area contributed by atoms with Crippen LogP contribution in [0.1, 0.15) is 27.6 Å². The van der Waals surface area contributed by atoms with Gasteiger partial charge in [-0.15, -0.1) is 0 Å². The van der Waals surface area contributed by atoms with Crippen LogP contribution in [0.5, 0.6) is 23.0 Å². The molecular formula is C18H18O6. The topological polar surface area (TPSA) is 71.1 Å². The van der Waals surface area contributed by atoms with E-state index in [1.165, 1.54) is 34.3 Å². The van der Waals surface area contributed by atoms with Gasteiger partial charge in [-0.3, -0.25) is 4.79 Å². The summed E-state index contributed by atoms with van der Waals surface area (Å²) in [7, 11) is 4.40. The molecule has 24 heavy (non-hydrogen) atoms. The Bertz CT molecular complexity index is 749. The smallest absolute Gasteiger partial charge is 0.343 e. The summed E-state index contributed by atoms with van der Waals surface area (Å²) < 4.78 is 20.9. The van der Waals surface area contributed by atoms with Crippen molar-refractivity contribution in [3.05, 3.63) is 47.5 Å². The molecule has 126 valence electrons. The molecule has 6 nitrogen and oxygen atoms in total. The molecule has 0 aliphatic heterocycles. The van der Waals surface area contributed by atoms with Gasteiger partial charge in [0.15, 0.2) is 17.3 Å². The van der Waals surface area contributed by atoms with Crippen molar-refractivity contribution in [3.63, 3.8) is 0 Å². The summed E-state index contributed by atoms with van der Waals surface area (Å²) in [4.78, 5) is 24.2. The zero-order chi connectivity index (χ0) is 17.7. The second-order valence-electron chi connectivity index (χ2n) is 4.85. The number of benzene rings is 2. The van der Waals surface area contributed by atoms with Crippen LogP contribution in [0.25, 0.3) is 0 Å². The third-order valence-corrected chi connectivity index (χ3v) is 3.40. The fourth-order valence-electron chi connectivity index (χ4n) is 2.16. The molecule has 0 atom stereocenters. The second kappa shape index (κ2) is 7.50. The second-order valence-corrected chi connectivity index (χ2v) is 4.85. The zero-order valence-corrected chi connectivity index (χ0v) is 13.9. The van der Waals surface area contributed by atoms with E-state index in [1.807, 2.05) is 0 Å². The van der Waals surface area contributed by atoms with Crippen LogP contribution < -0.4 is 18.9 Å². The van der Waals surface area contributed by atoms with Crippen LogP contribution in [0, 0.1) is 0 Å². The first kappa shape index (κ1) is 17.3. The van der Waals surface area contributed by atoms with E-state index in [2.05, 4.69) is 0 Å². The molecule has 0 fully saturated rings. The Kier molecular flexibility index (Phi) is 5.42. The molecule has 0 N–H and O–H groups in total. The summed E-state index contributed by atoms with van der Waals surface area (Å²) in [5.74, 6) is 0.326. The predicted octanol–water partition coefficient (Wildman–Crippen LogP) is 3.13. The van der Waals surface area contributed by atoms with Crippen molar-refractivity contribution in [2.24, 2.45) is 0 Å². The van der Waals surface area contributed by atoms with Crippen molar-refractivity contribution < 1.29 is 28.5 Å². The van der Waals surface area contributed by atoms with Gasteiger partial charge < -0.3 is 18.9 Å². The summed E-state index contributed by atoms with van der Waals surface area (Å²) in [6.45, 7) is 1.38. The highest BCUT2D eigenvalue weighted by atomic mass is 16.6. The largest absolute Gasteiger partial charge is 0.497 e. The molecule has 0 aliphatic rings. The van der Waals surface area contributed by atoms with Gasteiger partial charge in [0, 0.05) is 0 Å². The van der Waals surface area contributed by atoms with Crippen LogP contribution in [0.4, 0.5) is 0 Å². The summed E-state index contributed by atoms with van der Waals surface area (Å²) in [6.07, 6.45) is 0. The standard InChI is InChI=1S/C18H18O6/c1-11(19)14-9-10-15(22-3)17(23-4)16(14)24-18(20)12-5-7-13(21-2)8-6-12/h5-10H,1-4H3. The highest BCUT2D eigenvalue weighted by molar-refractivity contribution is 6.00. The van der Waals surface area contributed by atoms with Crippen molar-refractivity contribution in [1.82, 2.24) is 0 Å². The summed E-state index contributed by atoms with van der Waals surface area (Å²) in [5.41, 5.74) is 0.546. The zero-order valence-electron chi connectivity index (χ0n) is 13.9. The number of rotatable bonds is 6. The Labute approximate surface area is 139 Å². The lowest BCUT2D eigenvalue weighted by atomic mass is 10.1. The van der Waals surface area contributed by atoms with Crippen molar-refractivity contribution in [3.8, 4) is 23.0 Å². The van der Waals surface area contributed by atoms with Gasteiger partial charge in [-0.2, -0.15) is 0 Å². The molecule has 0 bridgehead atoms. The van der Waals surface area contributed by atoms with Gasteiger partial charge in [0.1, 0.15) is 5.75 Å². The maximum absolute atomic E-state index is 12.4. The first-order valence-corrected chi connectivity index (χ1v) is 7.14. The minimum Gasteiger partial charge on any atom is -0.497 e. The number of methoxy groups -OCH3 is 3. The molecule has 0 radical (unpaired) electrons. The summed E-state index contributed by atoms with van der Waals surface area (Å²) in [5, 5.41) is 0. The van der Waals surface area contributed by atoms with E-state index in [9.17, 15) is 9.59 Å². The predicted molar refractivity (Wildman–Crippen MR) is 87.5 cm³/mol. The molecule has 0 unspecified atom stereocenters. The fourth-order valence-corrected chi connectivity index (χ4v) is 2.16. The molecular weight excluding hydrogens is 312 g/mol. The van der Waals surface area contributed by atoms with Gasteiger partial charge in [0.25, 0.3) is 0 Å². The average Bonchev–Trinajstić information content (AvgIpc) is 2.60. The van der Waals surface area contributed by atoms with Gasteiger partial charge in [0.05, 0.1) is 32.5 Å². The maximum atomic E-state index is 12.4. The van der Waals surface area contributed by atoms with Crippen molar-refractivity contribution >= 4 is 11.8 Å². The van der Waals surface area contributed by atoms with Gasteiger partial charge >= 0.3 is 5.97 Å². The van der Waals surface area contributed by atoms with E-state index in [0.29, 0.717) is 17.1 Å². The van der Waals surface area contributed by atoms with Gasteiger partial charge in [-0.25, -0.2) is 4.79 Å². The number of carbonyl (C=O) groups excluding carboxylic acids is 2. The highest BCUT2D eigenvalue weighted by Crippen LogP contribution is 2.40. The molecule has 0 saturated carbocycles. The molecule has 6 heteroatoms. The lowest BCUT2D eigenvalue weighted by Gasteiger charge is -2.15. The van der Waals surface area contributed by atoms with Crippen LogP contribution in [0.2, 0.25) is 0 Å². The van der Waals surface area contributed by atoms with E-state index in [-0.39, 0.29) is 22.8 Å². The van der Waals surface area contributed by atoms with Crippen LogP contribution >= 0.6 is 0 Å². The number of hydrogen-bond acceptors (Lipinski definition) is 6. The first-order chi connectivity index (χ1) is 11.5. The van der Waals surface area contributed by atoms with Gasteiger partial charge in [-0.1, -0.05) is 0 Å². The molecule has 0 saturated heterocycles. The lowest BCUT2D eigenvalue weighted by Crippen LogP contribution is -2.12. The monoisotopic (exact) mass is 330 g/mol. The molecule has 2 rings (SSSR count). The Balaban J connectivity index is 2.42. The number of Topliss-reactive ketones (excluding diaryl/α,β-unsaturated/α-hetero) is 1. The molecule has 2 aromatic carbocycles. The van der Waals surface area contributed by atoms with Crippen LogP contribution in [0.15, 0.2) is 36.4 Å². The third kappa shape index (κ3) is 3.48. The molecule has 0 heterocycles. The first-order valence-electron chi connectivity index (χ1n) is 7.14. The van der Waals surface area contributed by atoms with Gasteiger partial charge in [-0.05, 0) is 43.3 Å². The van der Waals surface area contributed by atoms with E-state index in [0.717, 1.165) is 0 Å². The minimum absolute atomic E-state index is 0.0326. The van der Waals surface area contributed by atoms with Crippen molar-refractivity contribution in [1.29, 1.82) is 0 Å². The molecule has 0 amide bonds. The lowest BCUT2D eigenvalue weighted by molar-refractivity contribution is 0.0727. The molecule has 0 aromatic heterocycles. The van der Waals surface area contributed by atoms with Crippen LogP contribution in [0.3, 0.4) is 0 Å². The Morgan fingerprint density at radius 3 is 1.96 bits per heavy atom. The normalized spacial score (nSPS) is 10.0. The summed E-state index contributed by atoms with van der Waals surface area (Å²) in [6, 6.07) is 9.54. The number of esters is 1. The molecule has 2 aromatic rings. The highest BCUT2D eigenvalue weighted by Gasteiger charge is 2.22. The quantitative estimate of drug-likeness (QED) is 0.460. The molecule has 0 spiro atoms. The molecule has 0 aliphatic carbocycles. The van der Waals surface area contributed by atoms with E-state index in [1.54, 1.807) is 30.3 Å². The van der Waals surface area contributed by atoms with E-state index < -0.39 is 5.97 Å². The minimum atomic E-state index is -0.619. The summed E-state index contributed by atoms with van der Waals surface area (Å²) >= 11 is 0. The third-order valence-electron chi connectivity index (χ3n) is 3.40. The average molecular weight is 330 g/mol. The fraction of sp³-hybridized carbons (Fsp3) is 0.222. The van der Waals surface area contributed by atoms with E-state index in [4.69, 9.17) is 18.9 Å². The van der Waals surface area contributed by atoms with Gasteiger partial charge in [0.2, 0.25) is 5.75 Å². The number of carbonyl (C=O) groups is 2. The maximum Gasteiger partial charge on any atom is 0.343 e. The Morgan fingerprint density at radius 1 is 0.792 bits per heavy atom. The van der Waals surface area contributed by atoms with Crippen LogP contribution in [-0.4, -0.2) is 33.1 Å². The van der Waals surface area contributed by atoms with Crippen molar-refractivity contribution in [2.75, 3.05) is 21.3 Å². The van der Waals surface area contributed by atoms with Crippen molar-refractivity contribution in [2.45, 2.75) is 6.92 Å². The van der Waals surface area contributed by atoms with Crippen LogP contribution in [-0.2, 0) is 0 Å². The Morgan fingerprint density at radius 2 is 1.46 bits per heavy atom. The van der Waals surface area contributed by atoms with E-state index >= 15 is 0 Å². The number of hydrogen-bond donors (Lipinski definition) is 0. The Hall–Kier alpha value is -3.02. The number of ketones is 1. The number of ether oxygens (including phenoxy) is 4. The SMILES string of the molecule is COc1ccc(C(=O)Oc2c(C(C)=O)ccc(OC)c2OC)cc1.